The first kappa shape index (κ1) is 17.6. The number of rotatable bonds is 6. The number of aldehydes is 1. The van der Waals surface area contributed by atoms with Crippen molar-refractivity contribution in [2.24, 2.45) is 0 Å². The highest BCUT2D eigenvalue weighted by Gasteiger charge is 2.18. The molecule has 2 aromatic rings. The molecule has 7 heteroatoms. The van der Waals surface area contributed by atoms with Gasteiger partial charge in [0.05, 0.1) is 12.7 Å². The number of amides is 1. The van der Waals surface area contributed by atoms with Crippen LogP contribution in [0.4, 0.5) is 5.69 Å². The van der Waals surface area contributed by atoms with E-state index in [0.717, 1.165) is 0 Å². The van der Waals surface area contributed by atoms with E-state index in [1.807, 2.05) is 0 Å². The normalized spacial score (nSPS) is 13.5. The monoisotopic (exact) mass is 357 g/mol. The maximum Gasteiger partial charge on any atom is 0.265 e. The van der Waals surface area contributed by atoms with Crippen molar-refractivity contribution >= 4 is 17.9 Å². The van der Waals surface area contributed by atoms with Gasteiger partial charge in [0, 0.05) is 11.8 Å². The predicted molar refractivity (Wildman–Crippen MR) is 94.5 cm³/mol. The van der Waals surface area contributed by atoms with Crippen LogP contribution in [0.5, 0.6) is 23.0 Å². The van der Waals surface area contributed by atoms with E-state index in [2.05, 4.69) is 5.32 Å². The molecule has 1 N–H and O–H groups in total. The summed E-state index contributed by atoms with van der Waals surface area (Å²) in [5.74, 6) is 1.72. The van der Waals surface area contributed by atoms with Gasteiger partial charge in [-0.05, 0) is 37.3 Å². The minimum Gasteiger partial charge on any atom is -0.497 e. The Kier molecular flexibility index (Phi) is 5.26. The van der Waals surface area contributed by atoms with E-state index in [0.29, 0.717) is 53.7 Å². The summed E-state index contributed by atoms with van der Waals surface area (Å²) in [7, 11) is 1.51. The molecule has 1 aliphatic rings. The first-order valence-corrected chi connectivity index (χ1v) is 8.11. The van der Waals surface area contributed by atoms with E-state index in [-0.39, 0.29) is 5.91 Å². The molecule has 0 aliphatic carbocycles. The summed E-state index contributed by atoms with van der Waals surface area (Å²) < 4.78 is 21.6. The summed E-state index contributed by atoms with van der Waals surface area (Å²) in [6.45, 7) is 2.58. The number of hydrogen-bond acceptors (Lipinski definition) is 6. The Bertz CT molecular complexity index is 820. The Hall–Kier alpha value is -3.22. The van der Waals surface area contributed by atoms with Gasteiger partial charge in [0.1, 0.15) is 24.7 Å². The maximum absolute atomic E-state index is 12.4. The number of benzene rings is 2. The number of ether oxygens (including phenoxy) is 4. The molecule has 0 radical (unpaired) electrons. The van der Waals surface area contributed by atoms with Gasteiger partial charge in [-0.1, -0.05) is 0 Å². The largest absolute Gasteiger partial charge is 0.497 e. The van der Waals surface area contributed by atoms with Crippen LogP contribution in [-0.4, -0.2) is 38.6 Å². The highest BCUT2D eigenvalue weighted by molar-refractivity contribution is 5.94. The van der Waals surface area contributed by atoms with Gasteiger partial charge in [0.2, 0.25) is 0 Å². The Morgan fingerprint density at radius 3 is 2.65 bits per heavy atom. The SMILES string of the molecule is COc1ccc(O[C@@H](C)C(=O)Nc2ccc3c(c2)OCCO3)c(C=O)c1. The molecule has 136 valence electrons. The van der Waals surface area contributed by atoms with Crippen molar-refractivity contribution in [1.29, 1.82) is 0 Å². The van der Waals surface area contributed by atoms with Crippen molar-refractivity contribution in [3.05, 3.63) is 42.0 Å². The van der Waals surface area contributed by atoms with E-state index in [1.54, 1.807) is 43.3 Å². The quantitative estimate of drug-likeness (QED) is 0.801. The first-order chi connectivity index (χ1) is 12.6. The van der Waals surface area contributed by atoms with Crippen LogP contribution in [-0.2, 0) is 4.79 Å². The van der Waals surface area contributed by atoms with Gasteiger partial charge in [0.25, 0.3) is 5.91 Å². The molecule has 0 fully saturated rings. The van der Waals surface area contributed by atoms with Crippen LogP contribution >= 0.6 is 0 Å². The van der Waals surface area contributed by atoms with Crippen molar-refractivity contribution in [1.82, 2.24) is 0 Å². The Balaban J connectivity index is 1.67. The zero-order valence-corrected chi connectivity index (χ0v) is 14.5. The summed E-state index contributed by atoms with van der Waals surface area (Å²) in [5.41, 5.74) is 0.878. The van der Waals surface area contributed by atoms with Gasteiger partial charge < -0.3 is 24.3 Å². The third-order valence-electron chi connectivity index (χ3n) is 3.83. The lowest BCUT2D eigenvalue weighted by Crippen LogP contribution is -2.30. The summed E-state index contributed by atoms with van der Waals surface area (Å²) in [6.07, 6.45) is -0.154. The zero-order valence-electron chi connectivity index (χ0n) is 14.5. The molecule has 3 rings (SSSR count). The molecule has 2 aromatic carbocycles. The summed E-state index contributed by atoms with van der Waals surface area (Å²) in [4.78, 5) is 23.6. The van der Waals surface area contributed by atoms with Gasteiger partial charge in [0.15, 0.2) is 23.9 Å². The second kappa shape index (κ2) is 7.77. The van der Waals surface area contributed by atoms with Crippen molar-refractivity contribution in [3.63, 3.8) is 0 Å². The molecule has 1 amide bonds. The standard InChI is InChI=1S/C19H19NO6/c1-12(26-16-6-4-15(23-2)9-13(16)11-21)19(22)20-14-3-5-17-18(10-14)25-8-7-24-17/h3-6,9-12H,7-8H2,1-2H3,(H,20,22)/t12-/m0/s1. The van der Waals surface area contributed by atoms with Gasteiger partial charge in [-0.15, -0.1) is 0 Å². The summed E-state index contributed by atoms with van der Waals surface area (Å²) in [5, 5.41) is 2.76. The number of fused-ring (bicyclic) bond motifs is 1. The molecule has 26 heavy (non-hydrogen) atoms. The maximum atomic E-state index is 12.4. The average Bonchev–Trinajstić information content (AvgIpc) is 2.68. The lowest BCUT2D eigenvalue weighted by atomic mass is 10.2. The van der Waals surface area contributed by atoms with Gasteiger partial charge in [-0.3, -0.25) is 9.59 Å². The topological polar surface area (TPSA) is 83.1 Å². The van der Waals surface area contributed by atoms with E-state index in [1.165, 1.54) is 7.11 Å². The van der Waals surface area contributed by atoms with Crippen LogP contribution < -0.4 is 24.3 Å². The molecule has 0 aromatic heterocycles. The van der Waals surface area contributed by atoms with Crippen LogP contribution in [0, 0.1) is 0 Å². The number of methoxy groups -OCH3 is 1. The van der Waals surface area contributed by atoms with E-state index in [9.17, 15) is 9.59 Å². The van der Waals surface area contributed by atoms with Gasteiger partial charge in [-0.2, -0.15) is 0 Å². The molecule has 0 unspecified atom stereocenters. The van der Waals surface area contributed by atoms with Crippen LogP contribution in [0.15, 0.2) is 36.4 Å². The smallest absolute Gasteiger partial charge is 0.265 e. The lowest BCUT2D eigenvalue weighted by Gasteiger charge is -2.20. The first-order valence-electron chi connectivity index (χ1n) is 8.11. The van der Waals surface area contributed by atoms with Crippen molar-refractivity contribution < 1.29 is 28.5 Å². The lowest BCUT2D eigenvalue weighted by molar-refractivity contribution is -0.122. The van der Waals surface area contributed by atoms with Crippen LogP contribution in [0.25, 0.3) is 0 Å². The van der Waals surface area contributed by atoms with E-state index >= 15 is 0 Å². The van der Waals surface area contributed by atoms with Crippen molar-refractivity contribution in [3.8, 4) is 23.0 Å². The van der Waals surface area contributed by atoms with E-state index in [4.69, 9.17) is 18.9 Å². The molecule has 1 aliphatic heterocycles. The average molecular weight is 357 g/mol. The van der Waals surface area contributed by atoms with Crippen molar-refractivity contribution in [2.75, 3.05) is 25.6 Å². The molecule has 0 spiro atoms. The van der Waals surface area contributed by atoms with E-state index < -0.39 is 6.10 Å². The van der Waals surface area contributed by atoms with Crippen LogP contribution in [0.2, 0.25) is 0 Å². The molecule has 7 nitrogen and oxygen atoms in total. The minimum absolute atomic E-state index is 0.309. The third-order valence-corrected chi connectivity index (χ3v) is 3.83. The molecular formula is C19H19NO6. The fourth-order valence-corrected chi connectivity index (χ4v) is 2.46. The second-order valence-corrected chi connectivity index (χ2v) is 5.63. The molecule has 1 heterocycles. The van der Waals surface area contributed by atoms with Gasteiger partial charge >= 0.3 is 0 Å². The Morgan fingerprint density at radius 2 is 1.92 bits per heavy atom. The fraction of sp³-hybridized carbons (Fsp3) is 0.263. The number of carbonyl (C=O) groups is 2. The summed E-state index contributed by atoms with van der Waals surface area (Å²) >= 11 is 0. The van der Waals surface area contributed by atoms with Crippen molar-refractivity contribution in [2.45, 2.75) is 13.0 Å². The summed E-state index contributed by atoms with van der Waals surface area (Å²) in [6, 6.07) is 9.97. The number of nitrogens with one attached hydrogen (secondary N) is 1. The number of anilines is 1. The highest BCUT2D eigenvalue weighted by Crippen LogP contribution is 2.32. The molecule has 0 saturated heterocycles. The zero-order chi connectivity index (χ0) is 18.5. The molecular weight excluding hydrogens is 338 g/mol. The Morgan fingerprint density at radius 1 is 1.15 bits per heavy atom. The van der Waals surface area contributed by atoms with Crippen LogP contribution in [0.1, 0.15) is 17.3 Å². The number of carbonyl (C=O) groups excluding carboxylic acids is 2. The highest BCUT2D eigenvalue weighted by atomic mass is 16.6. The third kappa shape index (κ3) is 3.88. The molecule has 1 atom stereocenters. The second-order valence-electron chi connectivity index (χ2n) is 5.63. The molecule has 0 bridgehead atoms. The molecule has 0 saturated carbocycles. The number of hydrogen-bond donors (Lipinski definition) is 1. The van der Waals surface area contributed by atoms with Crippen LogP contribution in [0.3, 0.4) is 0 Å². The predicted octanol–water partition coefficient (Wildman–Crippen LogP) is 2.68. The minimum atomic E-state index is -0.810. The fourth-order valence-electron chi connectivity index (χ4n) is 2.46. The van der Waals surface area contributed by atoms with Gasteiger partial charge in [-0.25, -0.2) is 0 Å². The Labute approximate surface area is 150 Å².